The lowest BCUT2D eigenvalue weighted by molar-refractivity contribution is 0.802. The average Bonchev–Trinajstić information content (AvgIpc) is 2.83. The first kappa shape index (κ1) is 11.8. The molecule has 2 aromatic rings. The minimum atomic E-state index is -0.197. The molecule has 0 saturated carbocycles. The number of aryl methyl sites for hydroxylation is 1. The van der Waals surface area contributed by atoms with Gasteiger partial charge in [-0.1, -0.05) is 0 Å². The number of rotatable bonds is 5. The number of H-pyrrole nitrogens is 2. The van der Waals surface area contributed by atoms with Crippen LogP contribution in [0.3, 0.4) is 0 Å². The summed E-state index contributed by atoms with van der Waals surface area (Å²) in [5.74, 6) is 1.40. The Hall–Kier alpha value is -1.70. The molecule has 0 aliphatic carbocycles. The molecule has 17 heavy (non-hydrogen) atoms. The highest BCUT2D eigenvalue weighted by molar-refractivity contribution is 9.10. The van der Waals surface area contributed by atoms with Gasteiger partial charge >= 0.3 is 0 Å². The molecule has 0 fully saturated rings. The van der Waals surface area contributed by atoms with E-state index < -0.39 is 0 Å². The van der Waals surface area contributed by atoms with Crippen LogP contribution in [0, 0.1) is 0 Å². The van der Waals surface area contributed by atoms with Gasteiger partial charge in [0.1, 0.15) is 22.4 Å². The molecule has 0 aromatic carbocycles. The fraction of sp³-hybridized carbons (Fsp3) is 0.333. The Morgan fingerprint density at radius 1 is 1.41 bits per heavy atom. The molecule has 0 atom stereocenters. The SMILES string of the molecule is O=c1[nH]cnc(NCCCc2ncn[nH]2)c1Br. The van der Waals surface area contributed by atoms with Crippen LogP contribution >= 0.6 is 15.9 Å². The summed E-state index contributed by atoms with van der Waals surface area (Å²) in [4.78, 5) is 21.8. The van der Waals surface area contributed by atoms with Gasteiger partial charge in [-0.2, -0.15) is 5.10 Å². The molecule has 0 aliphatic heterocycles. The Morgan fingerprint density at radius 3 is 3.06 bits per heavy atom. The van der Waals surface area contributed by atoms with E-state index in [9.17, 15) is 4.79 Å². The number of anilines is 1. The van der Waals surface area contributed by atoms with Crippen LogP contribution in [0.25, 0.3) is 0 Å². The summed E-state index contributed by atoms with van der Waals surface area (Å²) in [6, 6.07) is 0. The molecule has 0 aliphatic rings. The number of nitrogens with zero attached hydrogens (tertiary/aromatic N) is 3. The van der Waals surface area contributed by atoms with E-state index in [0.29, 0.717) is 16.8 Å². The molecule has 0 amide bonds. The fourth-order valence-electron chi connectivity index (χ4n) is 1.32. The second kappa shape index (κ2) is 5.58. The van der Waals surface area contributed by atoms with Gasteiger partial charge in [0.2, 0.25) is 0 Å². The summed E-state index contributed by atoms with van der Waals surface area (Å²) in [6.45, 7) is 0.704. The predicted octanol–water partition coefficient (Wildman–Crippen LogP) is 0.695. The molecule has 0 saturated heterocycles. The molecule has 90 valence electrons. The van der Waals surface area contributed by atoms with E-state index in [1.165, 1.54) is 12.7 Å². The molecular weight excluding hydrogens is 288 g/mol. The molecular formula is C9H11BrN6O. The third-order valence-corrected chi connectivity index (χ3v) is 2.88. The standard InChI is InChI=1S/C9H11BrN6O/c10-7-8(13-4-14-9(7)17)11-3-1-2-6-12-5-15-16-6/h4-5H,1-3H2,(H,12,15,16)(H2,11,13,14,17). The Balaban J connectivity index is 1.82. The Bertz CT molecular complexity index is 523. The van der Waals surface area contributed by atoms with Crippen molar-refractivity contribution >= 4 is 21.7 Å². The zero-order valence-electron chi connectivity index (χ0n) is 8.90. The van der Waals surface area contributed by atoms with Crippen molar-refractivity contribution < 1.29 is 0 Å². The highest BCUT2D eigenvalue weighted by Crippen LogP contribution is 2.12. The van der Waals surface area contributed by atoms with Crippen LogP contribution in [0.15, 0.2) is 21.9 Å². The van der Waals surface area contributed by atoms with E-state index in [1.54, 1.807) is 0 Å². The first-order chi connectivity index (χ1) is 8.27. The van der Waals surface area contributed by atoms with Gasteiger partial charge in [-0.15, -0.1) is 0 Å². The number of nitrogens with one attached hydrogen (secondary N) is 3. The van der Waals surface area contributed by atoms with Crippen molar-refractivity contribution in [1.29, 1.82) is 0 Å². The van der Waals surface area contributed by atoms with E-state index >= 15 is 0 Å². The molecule has 8 heteroatoms. The topological polar surface area (TPSA) is 99.3 Å². The van der Waals surface area contributed by atoms with Crippen molar-refractivity contribution in [2.75, 3.05) is 11.9 Å². The molecule has 0 unspecified atom stereocenters. The first-order valence-corrected chi connectivity index (χ1v) is 5.88. The van der Waals surface area contributed by atoms with E-state index in [4.69, 9.17) is 0 Å². The zero-order valence-corrected chi connectivity index (χ0v) is 10.5. The predicted molar refractivity (Wildman–Crippen MR) is 65.8 cm³/mol. The van der Waals surface area contributed by atoms with Gasteiger partial charge in [0.15, 0.2) is 0 Å². The van der Waals surface area contributed by atoms with Crippen molar-refractivity contribution in [1.82, 2.24) is 25.1 Å². The second-order valence-electron chi connectivity index (χ2n) is 3.36. The molecule has 0 radical (unpaired) electrons. The van der Waals surface area contributed by atoms with Gasteiger partial charge in [0.05, 0.1) is 6.33 Å². The lowest BCUT2D eigenvalue weighted by Crippen LogP contribution is -2.13. The summed E-state index contributed by atoms with van der Waals surface area (Å²) >= 11 is 3.17. The maximum Gasteiger partial charge on any atom is 0.267 e. The zero-order chi connectivity index (χ0) is 12.1. The maximum absolute atomic E-state index is 11.3. The van der Waals surface area contributed by atoms with Crippen LogP contribution < -0.4 is 10.9 Å². The third-order valence-electron chi connectivity index (χ3n) is 2.14. The maximum atomic E-state index is 11.3. The Kier molecular flexibility index (Phi) is 3.86. The van der Waals surface area contributed by atoms with E-state index in [2.05, 4.69) is 46.4 Å². The highest BCUT2D eigenvalue weighted by Gasteiger charge is 2.04. The molecule has 2 aromatic heterocycles. The minimum Gasteiger partial charge on any atom is -0.369 e. The largest absolute Gasteiger partial charge is 0.369 e. The normalized spacial score (nSPS) is 10.4. The molecule has 2 heterocycles. The minimum absolute atomic E-state index is 0.197. The smallest absolute Gasteiger partial charge is 0.267 e. The van der Waals surface area contributed by atoms with Crippen LogP contribution in [0.4, 0.5) is 5.82 Å². The number of aromatic nitrogens is 5. The second-order valence-corrected chi connectivity index (χ2v) is 4.15. The highest BCUT2D eigenvalue weighted by atomic mass is 79.9. The number of aromatic amines is 2. The number of halogens is 1. The van der Waals surface area contributed by atoms with Gasteiger partial charge in [0.25, 0.3) is 5.56 Å². The molecule has 0 bridgehead atoms. The van der Waals surface area contributed by atoms with Gasteiger partial charge in [0, 0.05) is 13.0 Å². The quantitative estimate of drug-likeness (QED) is 0.706. The summed E-state index contributed by atoms with van der Waals surface area (Å²) in [5, 5.41) is 9.63. The summed E-state index contributed by atoms with van der Waals surface area (Å²) in [7, 11) is 0. The lowest BCUT2D eigenvalue weighted by Gasteiger charge is -2.05. The van der Waals surface area contributed by atoms with Crippen LogP contribution in [0.2, 0.25) is 0 Å². The van der Waals surface area contributed by atoms with E-state index in [-0.39, 0.29) is 5.56 Å². The van der Waals surface area contributed by atoms with Crippen molar-refractivity contribution in [3.05, 3.63) is 33.3 Å². The summed E-state index contributed by atoms with van der Waals surface area (Å²) in [6.07, 6.45) is 4.52. The van der Waals surface area contributed by atoms with Gasteiger partial charge in [-0.3, -0.25) is 9.89 Å². The van der Waals surface area contributed by atoms with Crippen LogP contribution in [0.1, 0.15) is 12.2 Å². The van der Waals surface area contributed by atoms with Crippen LogP contribution in [0.5, 0.6) is 0 Å². The van der Waals surface area contributed by atoms with Crippen molar-refractivity contribution in [3.8, 4) is 0 Å². The summed E-state index contributed by atoms with van der Waals surface area (Å²) < 4.78 is 0.416. The van der Waals surface area contributed by atoms with Gasteiger partial charge in [-0.05, 0) is 22.4 Å². The van der Waals surface area contributed by atoms with E-state index in [0.717, 1.165) is 18.7 Å². The van der Waals surface area contributed by atoms with Crippen molar-refractivity contribution in [2.45, 2.75) is 12.8 Å². The van der Waals surface area contributed by atoms with Crippen LogP contribution in [-0.2, 0) is 6.42 Å². The lowest BCUT2D eigenvalue weighted by atomic mass is 10.3. The molecule has 2 rings (SSSR count). The Labute approximate surface area is 105 Å². The average molecular weight is 299 g/mol. The molecule has 3 N–H and O–H groups in total. The Morgan fingerprint density at radius 2 is 2.29 bits per heavy atom. The van der Waals surface area contributed by atoms with Gasteiger partial charge in [-0.25, -0.2) is 9.97 Å². The van der Waals surface area contributed by atoms with Crippen LogP contribution in [-0.4, -0.2) is 31.7 Å². The van der Waals surface area contributed by atoms with Gasteiger partial charge < -0.3 is 10.3 Å². The number of hydrogen-bond donors (Lipinski definition) is 3. The molecule has 0 spiro atoms. The fourth-order valence-corrected chi connectivity index (χ4v) is 1.68. The monoisotopic (exact) mass is 298 g/mol. The molecule has 7 nitrogen and oxygen atoms in total. The third kappa shape index (κ3) is 3.13. The van der Waals surface area contributed by atoms with Crippen molar-refractivity contribution in [3.63, 3.8) is 0 Å². The first-order valence-electron chi connectivity index (χ1n) is 5.08. The van der Waals surface area contributed by atoms with Crippen molar-refractivity contribution in [2.24, 2.45) is 0 Å². The van der Waals surface area contributed by atoms with E-state index in [1.807, 2.05) is 0 Å². The number of hydrogen-bond acceptors (Lipinski definition) is 5. The summed E-state index contributed by atoms with van der Waals surface area (Å²) in [5.41, 5.74) is -0.197.